The Bertz CT molecular complexity index is 567. The van der Waals surface area contributed by atoms with Crippen LogP contribution in [0.3, 0.4) is 0 Å². The first-order valence-corrected chi connectivity index (χ1v) is 7.22. The zero-order chi connectivity index (χ0) is 14.8. The lowest BCUT2D eigenvalue weighted by Gasteiger charge is -2.35. The van der Waals surface area contributed by atoms with Crippen molar-refractivity contribution in [3.8, 4) is 5.75 Å². The van der Waals surface area contributed by atoms with E-state index >= 15 is 0 Å². The second-order valence-electron chi connectivity index (χ2n) is 5.44. The lowest BCUT2D eigenvalue weighted by atomic mass is 10.1. The van der Waals surface area contributed by atoms with Crippen molar-refractivity contribution in [3.63, 3.8) is 0 Å². The number of benzene rings is 1. The Labute approximate surface area is 135 Å². The molecule has 22 heavy (non-hydrogen) atoms. The van der Waals surface area contributed by atoms with Gasteiger partial charge in [0.2, 0.25) is 5.91 Å². The summed E-state index contributed by atoms with van der Waals surface area (Å²) in [6.07, 6.45) is -0.681. The molecule has 0 spiro atoms. The molecule has 0 saturated carbocycles. The van der Waals surface area contributed by atoms with Gasteiger partial charge in [-0.1, -0.05) is 12.1 Å². The molecule has 2 N–H and O–H groups in total. The standard InChI is InChI=1S/C15H19N3O3.ClH/c1-10-9-16-6-7-18(10)14(19)8-13-15(20)17-11-4-2-3-5-12(11)21-13;/h2-5,10,13,16H,6-9H2,1H3,(H,17,20);1H/t10-,13?;/m0./s1. The molecule has 2 amide bonds. The molecule has 2 aliphatic heterocycles. The lowest BCUT2D eigenvalue weighted by molar-refractivity contribution is -0.139. The number of nitrogens with zero attached hydrogens (tertiary/aromatic N) is 1. The third kappa shape index (κ3) is 3.34. The van der Waals surface area contributed by atoms with E-state index in [2.05, 4.69) is 10.6 Å². The number of carbonyl (C=O) groups is 2. The van der Waals surface area contributed by atoms with Crippen LogP contribution >= 0.6 is 12.4 Å². The number of anilines is 1. The third-order valence-electron chi connectivity index (χ3n) is 3.89. The van der Waals surface area contributed by atoms with E-state index in [0.29, 0.717) is 18.0 Å². The number of fused-ring (bicyclic) bond motifs is 1. The van der Waals surface area contributed by atoms with Gasteiger partial charge in [-0.3, -0.25) is 9.59 Å². The molecule has 120 valence electrons. The van der Waals surface area contributed by atoms with E-state index in [4.69, 9.17) is 4.74 Å². The van der Waals surface area contributed by atoms with Crippen LogP contribution in [0.2, 0.25) is 0 Å². The zero-order valence-electron chi connectivity index (χ0n) is 12.4. The van der Waals surface area contributed by atoms with Crippen LogP contribution in [0.15, 0.2) is 24.3 Å². The number of amides is 2. The lowest BCUT2D eigenvalue weighted by Crippen LogP contribution is -2.53. The van der Waals surface area contributed by atoms with E-state index in [1.54, 1.807) is 12.1 Å². The zero-order valence-corrected chi connectivity index (χ0v) is 13.2. The number of hydrogen-bond acceptors (Lipinski definition) is 4. The smallest absolute Gasteiger partial charge is 0.266 e. The summed E-state index contributed by atoms with van der Waals surface area (Å²) in [5.41, 5.74) is 0.654. The van der Waals surface area contributed by atoms with Crippen LogP contribution in [0.25, 0.3) is 0 Å². The fourth-order valence-electron chi connectivity index (χ4n) is 2.71. The average Bonchev–Trinajstić information content (AvgIpc) is 2.48. The molecule has 1 saturated heterocycles. The van der Waals surface area contributed by atoms with Crippen molar-refractivity contribution in [2.75, 3.05) is 25.0 Å². The molecule has 0 aromatic heterocycles. The summed E-state index contributed by atoms with van der Waals surface area (Å²) in [4.78, 5) is 26.2. The Morgan fingerprint density at radius 1 is 1.41 bits per heavy atom. The molecule has 0 radical (unpaired) electrons. The first-order valence-electron chi connectivity index (χ1n) is 7.22. The van der Waals surface area contributed by atoms with Gasteiger partial charge in [0, 0.05) is 25.7 Å². The predicted molar refractivity (Wildman–Crippen MR) is 85.4 cm³/mol. The largest absolute Gasteiger partial charge is 0.478 e. The average molecular weight is 326 g/mol. The Balaban J connectivity index is 0.00000176. The second kappa shape index (κ2) is 6.98. The highest BCUT2D eigenvalue weighted by Gasteiger charge is 2.32. The summed E-state index contributed by atoms with van der Waals surface area (Å²) in [5.74, 6) is 0.316. The number of para-hydroxylation sites is 2. The molecule has 2 atom stereocenters. The van der Waals surface area contributed by atoms with Gasteiger partial charge in [0.15, 0.2) is 6.10 Å². The number of ether oxygens (including phenoxy) is 1. The maximum absolute atomic E-state index is 12.4. The summed E-state index contributed by atoms with van der Waals surface area (Å²) in [6, 6.07) is 7.39. The number of nitrogens with one attached hydrogen (secondary N) is 2. The number of rotatable bonds is 2. The molecular weight excluding hydrogens is 306 g/mol. The molecule has 1 unspecified atom stereocenters. The van der Waals surface area contributed by atoms with Crippen molar-refractivity contribution in [3.05, 3.63) is 24.3 Å². The molecule has 3 rings (SSSR count). The van der Waals surface area contributed by atoms with E-state index in [-0.39, 0.29) is 36.7 Å². The van der Waals surface area contributed by atoms with Crippen molar-refractivity contribution in [2.45, 2.75) is 25.5 Å². The normalized spacial score (nSPS) is 23.7. The number of carbonyl (C=O) groups excluding carboxylic acids is 2. The predicted octanol–water partition coefficient (Wildman–Crippen LogP) is 1.02. The topological polar surface area (TPSA) is 70.7 Å². The SMILES string of the molecule is C[C@H]1CNCCN1C(=O)CC1Oc2ccccc2NC1=O.Cl. The van der Waals surface area contributed by atoms with Crippen molar-refractivity contribution in [1.29, 1.82) is 0 Å². The van der Waals surface area contributed by atoms with Crippen LogP contribution in [-0.2, 0) is 9.59 Å². The maximum atomic E-state index is 12.4. The van der Waals surface area contributed by atoms with Crippen LogP contribution in [0.4, 0.5) is 5.69 Å². The van der Waals surface area contributed by atoms with Crippen LogP contribution < -0.4 is 15.4 Å². The first-order chi connectivity index (χ1) is 10.1. The van der Waals surface area contributed by atoms with Gasteiger partial charge in [0.1, 0.15) is 5.75 Å². The number of piperazine rings is 1. The van der Waals surface area contributed by atoms with Crippen LogP contribution in [-0.4, -0.2) is 48.5 Å². The van der Waals surface area contributed by atoms with Crippen LogP contribution in [0.5, 0.6) is 5.75 Å². The molecule has 0 aliphatic carbocycles. The quantitative estimate of drug-likeness (QED) is 0.851. The minimum Gasteiger partial charge on any atom is -0.478 e. The summed E-state index contributed by atoms with van der Waals surface area (Å²) in [5, 5.41) is 6.02. The molecule has 6 nitrogen and oxygen atoms in total. The van der Waals surface area contributed by atoms with Crippen LogP contribution in [0.1, 0.15) is 13.3 Å². The van der Waals surface area contributed by atoms with Crippen molar-refractivity contribution in [2.24, 2.45) is 0 Å². The molecule has 2 aliphatic rings. The summed E-state index contributed by atoms with van der Waals surface area (Å²) in [6.45, 7) is 4.25. The minimum atomic E-state index is -0.755. The first kappa shape index (κ1) is 16.6. The van der Waals surface area contributed by atoms with Crippen molar-refractivity contribution >= 4 is 29.9 Å². The van der Waals surface area contributed by atoms with Gasteiger partial charge in [-0.05, 0) is 19.1 Å². The summed E-state index contributed by atoms with van der Waals surface area (Å²) >= 11 is 0. The van der Waals surface area contributed by atoms with Crippen molar-refractivity contribution in [1.82, 2.24) is 10.2 Å². The molecule has 1 aromatic rings. The Kier molecular flexibility index (Phi) is 5.26. The van der Waals surface area contributed by atoms with E-state index in [1.165, 1.54) is 0 Å². The molecule has 2 heterocycles. The number of halogens is 1. The monoisotopic (exact) mass is 325 g/mol. The van der Waals surface area contributed by atoms with E-state index in [9.17, 15) is 9.59 Å². The Hall–Kier alpha value is -1.79. The van der Waals surface area contributed by atoms with E-state index in [1.807, 2.05) is 24.0 Å². The minimum absolute atomic E-state index is 0. The maximum Gasteiger partial charge on any atom is 0.266 e. The molecule has 7 heteroatoms. The van der Waals surface area contributed by atoms with E-state index < -0.39 is 6.10 Å². The highest BCUT2D eigenvalue weighted by molar-refractivity contribution is 5.99. The Morgan fingerprint density at radius 2 is 2.18 bits per heavy atom. The highest BCUT2D eigenvalue weighted by atomic mass is 35.5. The van der Waals surface area contributed by atoms with Gasteiger partial charge in [0.05, 0.1) is 12.1 Å². The molecule has 0 bridgehead atoms. The molecule has 1 aromatic carbocycles. The molecule has 1 fully saturated rings. The fourth-order valence-corrected chi connectivity index (χ4v) is 2.71. The van der Waals surface area contributed by atoms with Gasteiger partial charge < -0.3 is 20.3 Å². The summed E-state index contributed by atoms with van der Waals surface area (Å²) in [7, 11) is 0. The van der Waals surface area contributed by atoms with Gasteiger partial charge >= 0.3 is 0 Å². The van der Waals surface area contributed by atoms with Gasteiger partial charge in [-0.25, -0.2) is 0 Å². The van der Waals surface area contributed by atoms with E-state index in [0.717, 1.165) is 13.1 Å². The van der Waals surface area contributed by atoms with Gasteiger partial charge in [-0.15, -0.1) is 12.4 Å². The highest BCUT2D eigenvalue weighted by Crippen LogP contribution is 2.29. The summed E-state index contributed by atoms with van der Waals surface area (Å²) < 4.78 is 5.67. The van der Waals surface area contributed by atoms with Crippen LogP contribution in [0, 0.1) is 0 Å². The van der Waals surface area contributed by atoms with Crippen molar-refractivity contribution < 1.29 is 14.3 Å². The second-order valence-corrected chi connectivity index (χ2v) is 5.44. The fraction of sp³-hybridized carbons (Fsp3) is 0.467. The third-order valence-corrected chi connectivity index (χ3v) is 3.89. The number of hydrogen-bond donors (Lipinski definition) is 2. The van der Waals surface area contributed by atoms with Gasteiger partial charge in [0.25, 0.3) is 5.91 Å². The Morgan fingerprint density at radius 3 is 2.95 bits per heavy atom. The van der Waals surface area contributed by atoms with Gasteiger partial charge in [-0.2, -0.15) is 0 Å². The molecular formula is C15H20ClN3O3.